The molecule has 6 heteroatoms. The number of hydrogen-bond donors (Lipinski definition) is 0. The van der Waals surface area contributed by atoms with Crippen LogP contribution in [0.1, 0.15) is 24.9 Å². The first kappa shape index (κ1) is 19.8. The van der Waals surface area contributed by atoms with Gasteiger partial charge in [-0.3, -0.25) is 9.59 Å². The van der Waals surface area contributed by atoms with Crippen LogP contribution in [0.25, 0.3) is 0 Å². The van der Waals surface area contributed by atoms with Gasteiger partial charge in [0.25, 0.3) is 5.91 Å². The summed E-state index contributed by atoms with van der Waals surface area (Å²) in [6.45, 7) is 2.05. The first-order chi connectivity index (χ1) is 12.5. The molecule has 0 aliphatic rings. The van der Waals surface area contributed by atoms with Gasteiger partial charge in [-0.1, -0.05) is 41.9 Å². The van der Waals surface area contributed by atoms with E-state index in [4.69, 9.17) is 16.3 Å². The van der Waals surface area contributed by atoms with Gasteiger partial charge >= 0.3 is 5.97 Å². The van der Waals surface area contributed by atoms with Crippen LogP contribution in [-0.4, -0.2) is 37.0 Å². The van der Waals surface area contributed by atoms with Crippen LogP contribution in [0.5, 0.6) is 5.75 Å². The molecule has 2 aromatic carbocycles. The maximum absolute atomic E-state index is 12.7. The summed E-state index contributed by atoms with van der Waals surface area (Å²) < 4.78 is 10.2. The number of esters is 1. The van der Waals surface area contributed by atoms with Crippen molar-refractivity contribution in [2.45, 2.75) is 19.4 Å². The molecule has 0 fully saturated rings. The zero-order valence-corrected chi connectivity index (χ0v) is 15.6. The quantitative estimate of drug-likeness (QED) is 0.657. The van der Waals surface area contributed by atoms with E-state index in [0.29, 0.717) is 10.8 Å². The molecule has 0 radical (unpaired) electrons. The first-order valence-corrected chi connectivity index (χ1v) is 8.68. The smallest absolute Gasteiger partial charge is 0.307 e. The maximum Gasteiger partial charge on any atom is 0.307 e. The Labute approximate surface area is 158 Å². The molecule has 0 aliphatic heterocycles. The molecule has 0 aliphatic carbocycles. The average molecular weight is 376 g/mol. The Morgan fingerprint density at radius 3 is 2.35 bits per heavy atom. The highest BCUT2D eigenvalue weighted by Crippen LogP contribution is 2.21. The molecule has 2 rings (SSSR count). The first-order valence-electron chi connectivity index (χ1n) is 8.31. The van der Waals surface area contributed by atoms with Crippen LogP contribution in [-0.2, 0) is 14.3 Å². The number of carbonyl (C=O) groups excluding carboxylic acids is 2. The fourth-order valence-corrected chi connectivity index (χ4v) is 2.64. The molecule has 0 heterocycles. The zero-order chi connectivity index (χ0) is 18.9. The molecule has 0 saturated heterocycles. The Bertz CT molecular complexity index is 718. The summed E-state index contributed by atoms with van der Waals surface area (Å²) in [6, 6.07) is 16.3. The Kier molecular flexibility index (Phi) is 7.48. The predicted octanol–water partition coefficient (Wildman–Crippen LogP) is 3.87. The summed E-state index contributed by atoms with van der Waals surface area (Å²) in [6.07, 6.45) is 0.125. The lowest BCUT2D eigenvalue weighted by molar-refractivity contribution is -0.142. The van der Waals surface area contributed by atoms with E-state index in [0.717, 1.165) is 5.56 Å². The van der Waals surface area contributed by atoms with Gasteiger partial charge in [0, 0.05) is 11.6 Å². The number of rotatable bonds is 8. The lowest BCUT2D eigenvalue weighted by Crippen LogP contribution is -2.38. The molecule has 1 unspecified atom stereocenters. The summed E-state index contributed by atoms with van der Waals surface area (Å²) >= 11 is 5.84. The molecule has 0 saturated carbocycles. The van der Waals surface area contributed by atoms with E-state index < -0.39 is 0 Å². The SMILES string of the molecule is COC(=O)CCN(C(=O)COc1ccc(Cl)cc1)C(C)c1ccccc1. The van der Waals surface area contributed by atoms with Crippen LogP contribution in [0.3, 0.4) is 0 Å². The van der Waals surface area contributed by atoms with Crippen LogP contribution in [0.2, 0.25) is 5.02 Å². The number of ether oxygens (including phenoxy) is 2. The van der Waals surface area contributed by atoms with E-state index in [1.165, 1.54) is 7.11 Å². The highest BCUT2D eigenvalue weighted by Gasteiger charge is 2.22. The highest BCUT2D eigenvalue weighted by molar-refractivity contribution is 6.30. The van der Waals surface area contributed by atoms with Gasteiger partial charge in [0.15, 0.2) is 6.61 Å². The van der Waals surface area contributed by atoms with Crippen LogP contribution < -0.4 is 4.74 Å². The molecular weight excluding hydrogens is 354 g/mol. The number of methoxy groups -OCH3 is 1. The number of benzene rings is 2. The monoisotopic (exact) mass is 375 g/mol. The van der Waals surface area contributed by atoms with E-state index in [2.05, 4.69) is 4.74 Å². The molecule has 0 bridgehead atoms. The van der Waals surface area contributed by atoms with Gasteiger partial charge in [0.2, 0.25) is 0 Å². The Morgan fingerprint density at radius 1 is 1.08 bits per heavy atom. The summed E-state index contributed by atoms with van der Waals surface area (Å²) in [7, 11) is 1.33. The third kappa shape index (κ3) is 5.77. The second-order valence-corrected chi connectivity index (χ2v) is 6.18. The average Bonchev–Trinajstić information content (AvgIpc) is 2.67. The van der Waals surface area contributed by atoms with Crippen molar-refractivity contribution in [1.29, 1.82) is 0 Å². The van der Waals surface area contributed by atoms with E-state index in [1.807, 2.05) is 37.3 Å². The standard InChI is InChI=1S/C20H22ClNO4/c1-15(16-6-4-3-5-7-16)22(13-12-20(24)25-2)19(23)14-26-18-10-8-17(21)9-11-18/h3-11,15H,12-14H2,1-2H3. The largest absolute Gasteiger partial charge is 0.484 e. The highest BCUT2D eigenvalue weighted by atomic mass is 35.5. The van der Waals surface area contributed by atoms with E-state index in [9.17, 15) is 9.59 Å². The van der Waals surface area contributed by atoms with Crippen molar-refractivity contribution in [1.82, 2.24) is 4.90 Å². The predicted molar refractivity (Wildman–Crippen MR) is 100 cm³/mol. The molecule has 0 N–H and O–H groups in total. The van der Waals surface area contributed by atoms with Gasteiger partial charge in [-0.05, 0) is 36.8 Å². The van der Waals surface area contributed by atoms with Gasteiger partial charge in [-0.2, -0.15) is 0 Å². The summed E-state index contributed by atoms with van der Waals surface area (Å²) in [5, 5.41) is 0.598. The van der Waals surface area contributed by atoms with Crippen molar-refractivity contribution in [3.63, 3.8) is 0 Å². The number of nitrogens with zero attached hydrogens (tertiary/aromatic N) is 1. The third-order valence-corrected chi connectivity index (χ3v) is 4.28. The topological polar surface area (TPSA) is 55.8 Å². The normalized spacial score (nSPS) is 11.5. The fraction of sp³-hybridized carbons (Fsp3) is 0.300. The number of halogens is 1. The molecule has 138 valence electrons. The van der Waals surface area contributed by atoms with Crippen molar-refractivity contribution >= 4 is 23.5 Å². The minimum atomic E-state index is -0.360. The van der Waals surface area contributed by atoms with Gasteiger partial charge in [0.1, 0.15) is 5.75 Å². The molecular formula is C20H22ClNO4. The minimum Gasteiger partial charge on any atom is -0.484 e. The summed E-state index contributed by atoms with van der Waals surface area (Å²) in [5.74, 6) is -0.00933. The number of carbonyl (C=O) groups is 2. The lowest BCUT2D eigenvalue weighted by atomic mass is 10.1. The maximum atomic E-state index is 12.7. The van der Waals surface area contributed by atoms with Crippen LogP contribution in [0.4, 0.5) is 0 Å². The van der Waals surface area contributed by atoms with Crippen molar-refractivity contribution in [3.05, 3.63) is 65.2 Å². The van der Waals surface area contributed by atoms with Crippen molar-refractivity contribution < 1.29 is 19.1 Å². The van der Waals surface area contributed by atoms with E-state index in [1.54, 1.807) is 29.2 Å². The third-order valence-electron chi connectivity index (χ3n) is 4.03. The molecule has 0 spiro atoms. The molecule has 1 atom stereocenters. The second-order valence-electron chi connectivity index (χ2n) is 5.74. The van der Waals surface area contributed by atoms with Crippen LogP contribution >= 0.6 is 11.6 Å². The van der Waals surface area contributed by atoms with Crippen LogP contribution in [0, 0.1) is 0 Å². The van der Waals surface area contributed by atoms with E-state index >= 15 is 0 Å². The summed E-state index contributed by atoms with van der Waals surface area (Å²) in [4.78, 5) is 25.9. The molecule has 2 aromatic rings. The van der Waals surface area contributed by atoms with E-state index in [-0.39, 0.29) is 37.5 Å². The van der Waals surface area contributed by atoms with Gasteiger partial charge < -0.3 is 14.4 Å². The summed E-state index contributed by atoms with van der Waals surface area (Å²) in [5.41, 5.74) is 0.984. The molecule has 1 amide bonds. The lowest BCUT2D eigenvalue weighted by Gasteiger charge is -2.29. The van der Waals surface area contributed by atoms with Gasteiger partial charge in [0.05, 0.1) is 19.6 Å². The Morgan fingerprint density at radius 2 is 1.73 bits per heavy atom. The fourth-order valence-electron chi connectivity index (χ4n) is 2.52. The second kappa shape index (κ2) is 9.82. The minimum absolute atomic E-state index is 0.125. The van der Waals surface area contributed by atoms with Crippen molar-refractivity contribution in [3.8, 4) is 5.75 Å². The van der Waals surface area contributed by atoms with Gasteiger partial charge in [-0.15, -0.1) is 0 Å². The number of amides is 1. The Balaban J connectivity index is 2.06. The van der Waals surface area contributed by atoms with Crippen molar-refractivity contribution in [2.75, 3.05) is 20.3 Å². The van der Waals surface area contributed by atoms with Gasteiger partial charge in [-0.25, -0.2) is 0 Å². The Hall–Kier alpha value is -2.53. The van der Waals surface area contributed by atoms with Crippen LogP contribution in [0.15, 0.2) is 54.6 Å². The zero-order valence-electron chi connectivity index (χ0n) is 14.9. The molecule has 26 heavy (non-hydrogen) atoms. The van der Waals surface area contributed by atoms with Crippen molar-refractivity contribution in [2.24, 2.45) is 0 Å². The number of hydrogen-bond acceptors (Lipinski definition) is 4. The molecule has 0 aromatic heterocycles. The molecule has 5 nitrogen and oxygen atoms in total.